The van der Waals surface area contributed by atoms with E-state index in [9.17, 15) is 5.11 Å². The number of aromatic hydroxyl groups is 1. The highest BCUT2D eigenvalue weighted by Gasteiger charge is 2.39. The second kappa shape index (κ2) is 9.68. The van der Waals surface area contributed by atoms with Gasteiger partial charge in [0.05, 0.1) is 0 Å². The Bertz CT molecular complexity index is 629. The van der Waals surface area contributed by atoms with E-state index in [4.69, 9.17) is 0 Å². The summed E-state index contributed by atoms with van der Waals surface area (Å²) in [6.45, 7) is 16.1. The average molecular weight is 387 g/mol. The van der Waals surface area contributed by atoms with Gasteiger partial charge in [0.15, 0.2) is 0 Å². The van der Waals surface area contributed by atoms with Crippen molar-refractivity contribution in [3.63, 3.8) is 0 Å². The Kier molecular flexibility index (Phi) is 8.06. The van der Waals surface area contributed by atoms with Crippen LogP contribution in [0.3, 0.4) is 0 Å². The van der Waals surface area contributed by atoms with Gasteiger partial charge in [-0.3, -0.25) is 0 Å². The smallest absolute Gasteiger partial charge is 0.123 e. The van der Waals surface area contributed by atoms with E-state index in [-0.39, 0.29) is 5.41 Å². The maximum atomic E-state index is 11.4. The van der Waals surface area contributed by atoms with E-state index >= 15 is 0 Å². The van der Waals surface area contributed by atoms with Gasteiger partial charge in [0, 0.05) is 5.56 Å². The number of benzene rings is 1. The summed E-state index contributed by atoms with van der Waals surface area (Å²) in [4.78, 5) is 0. The van der Waals surface area contributed by atoms with E-state index in [0.717, 1.165) is 6.42 Å². The van der Waals surface area contributed by atoms with Crippen molar-refractivity contribution in [2.75, 3.05) is 0 Å². The number of fused-ring (bicyclic) bond motifs is 1. The highest BCUT2D eigenvalue weighted by molar-refractivity contribution is 5.58. The molecule has 0 aliphatic heterocycles. The van der Waals surface area contributed by atoms with E-state index in [2.05, 4.69) is 54.5 Å². The predicted molar refractivity (Wildman–Crippen MR) is 124 cm³/mol. The molecule has 1 aromatic carbocycles. The molecule has 1 aliphatic rings. The van der Waals surface area contributed by atoms with Crippen molar-refractivity contribution in [1.82, 2.24) is 0 Å². The maximum absolute atomic E-state index is 11.4. The second-order valence-electron chi connectivity index (χ2n) is 10.4. The first-order chi connectivity index (χ1) is 13.3. The Morgan fingerprint density at radius 3 is 2.04 bits per heavy atom. The Morgan fingerprint density at radius 1 is 0.893 bits per heavy atom. The Balaban J connectivity index is 2.76. The lowest BCUT2D eigenvalue weighted by Gasteiger charge is -2.38. The van der Waals surface area contributed by atoms with Crippen LogP contribution in [-0.2, 0) is 17.3 Å². The first-order valence-corrected chi connectivity index (χ1v) is 12.1. The van der Waals surface area contributed by atoms with Crippen molar-refractivity contribution >= 4 is 0 Å². The van der Waals surface area contributed by atoms with Gasteiger partial charge in [-0.15, -0.1) is 0 Å². The molecule has 1 aromatic rings. The molecule has 1 N–H and O–H groups in total. The lowest BCUT2D eigenvalue weighted by atomic mass is 9.66. The van der Waals surface area contributed by atoms with Crippen LogP contribution in [0.4, 0.5) is 0 Å². The molecule has 0 radical (unpaired) electrons. The van der Waals surface area contributed by atoms with Crippen molar-refractivity contribution in [1.29, 1.82) is 0 Å². The summed E-state index contributed by atoms with van der Waals surface area (Å²) < 4.78 is 0. The molecule has 1 unspecified atom stereocenters. The lowest BCUT2D eigenvalue weighted by molar-refractivity contribution is 0.317. The SMILES string of the molecule is CCCCC(CCC)(CCC)c1cc(C(C)(C)C)c(O)c2c1CCC2CCC. The first kappa shape index (κ1) is 23.3. The third-order valence-electron chi connectivity index (χ3n) is 7.08. The zero-order chi connectivity index (χ0) is 20.9. The maximum Gasteiger partial charge on any atom is 0.123 e. The number of phenols is 1. The van der Waals surface area contributed by atoms with E-state index in [1.807, 2.05) is 0 Å². The minimum atomic E-state index is -0.0257. The van der Waals surface area contributed by atoms with Gasteiger partial charge in [-0.05, 0) is 72.0 Å². The van der Waals surface area contributed by atoms with Crippen LogP contribution in [0.15, 0.2) is 6.07 Å². The quantitative estimate of drug-likeness (QED) is 0.427. The predicted octanol–water partition coefficient (Wildman–Crippen LogP) is 8.55. The number of hydrogen-bond donors (Lipinski definition) is 1. The Labute approximate surface area is 175 Å². The highest BCUT2D eigenvalue weighted by Crippen LogP contribution is 2.52. The van der Waals surface area contributed by atoms with Gasteiger partial charge >= 0.3 is 0 Å². The number of phenolic OH excluding ortho intramolecular Hbond substituents is 1. The molecule has 0 saturated carbocycles. The summed E-state index contributed by atoms with van der Waals surface area (Å²) in [5, 5.41) is 11.4. The number of rotatable bonds is 10. The van der Waals surface area contributed by atoms with Gasteiger partial charge in [-0.1, -0.05) is 86.6 Å². The fourth-order valence-electron chi connectivity index (χ4n) is 5.84. The fraction of sp³-hybridized carbons (Fsp3) is 0.778. The molecule has 0 bridgehead atoms. The monoisotopic (exact) mass is 386 g/mol. The molecule has 28 heavy (non-hydrogen) atoms. The van der Waals surface area contributed by atoms with Crippen molar-refractivity contribution in [2.45, 2.75) is 136 Å². The third kappa shape index (κ3) is 4.60. The normalized spacial score (nSPS) is 17.2. The van der Waals surface area contributed by atoms with Crippen molar-refractivity contribution in [3.05, 3.63) is 28.3 Å². The summed E-state index contributed by atoms with van der Waals surface area (Å²) in [5.41, 5.74) is 5.91. The molecule has 0 fully saturated rings. The van der Waals surface area contributed by atoms with Crippen LogP contribution in [0.5, 0.6) is 5.75 Å². The van der Waals surface area contributed by atoms with E-state index in [0.29, 0.717) is 17.1 Å². The molecule has 1 atom stereocenters. The van der Waals surface area contributed by atoms with Gasteiger partial charge in [0.25, 0.3) is 0 Å². The topological polar surface area (TPSA) is 20.2 Å². The highest BCUT2D eigenvalue weighted by atomic mass is 16.3. The molecule has 1 aliphatic carbocycles. The van der Waals surface area contributed by atoms with Crippen LogP contribution in [0, 0.1) is 0 Å². The minimum Gasteiger partial charge on any atom is -0.507 e. The van der Waals surface area contributed by atoms with Crippen LogP contribution in [0.25, 0.3) is 0 Å². The fourth-order valence-corrected chi connectivity index (χ4v) is 5.84. The molecule has 0 heterocycles. The van der Waals surface area contributed by atoms with Gasteiger partial charge < -0.3 is 5.11 Å². The molecule has 160 valence electrons. The first-order valence-electron chi connectivity index (χ1n) is 12.1. The van der Waals surface area contributed by atoms with Crippen molar-refractivity contribution in [3.8, 4) is 5.75 Å². The van der Waals surface area contributed by atoms with Gasteiger partial charge in [-0.2, -0.15) is 0 Å². The van der Waals surface area contributed by atoms with Gasteiger partial charge in [-0.25, -0.2) is 0 Å². The molecule has 1 heteroatoms. The summed E-state index contributed by atoms with van der Waals surface area (Å²) in [5.74, 6) is 1.17. The van der Waals surface area contributed by atoms with Gasteiger partial charge in [0.1, 0.15) is 5.75 Å². The van der Waals surface area contributed by atoms with E-state index in [1.165, 1.54) is 80.9 Å². The summed E-state index contributed by atoms with van der Waals surface area (Å²) >= 11 is 0. The number of hydrogen-bond acceptors (Lipinski definition) is 1. The molecule has 0 saturated heterocycles. The molecule has 0 amide bonds. The van der Waals surface area contributed by atoms with Crippen molar-refractivity contribution < 1.29 is 5.11 Å². The van der Waals surface area contributed by atoms with Crippen LogP contribution < -0.4 is 0 Å². The summed E-state index contributed by atoms with van der Waals surface area (Å²) in [7, 11) is 0. The zero-order valence-corrected chi connectivity index (χ0v) is 19.9. The molecule has 0 spiro atoms. The Morgan fingerprint density at radius 2 is 1.54 bits per heavy atom. The van der Waals surface area contributed by atoms with Crippen LogP contribution in [0.2, 0.25) is 0 Å². The average Bonchev–Trinajstić information content (AvgIpc) is 3.04. The van der Waals surface area contributed by atoms with Crippen LogP contribution >= 0.6 is 0 Å². The third-order valence-corrected chi connectivity index (χ3v) is 7.08. The number of unbranched alkanes of at least 4 members (excludes halogenated alkanes) is 1. The lowest BCUT2D eigenvalue weighted by Crippen LogP contribution is -2.29. The van der Waals surface area contributed by atoms with Crippen LogP contribution in [0.1, 0.15) is 141 Å². The molecule has 0 aromatic heterocycles. The molecule has 2 rings (SSSR count). The van der Waals surface area contributed by atoms with Gasteiger partial charge in [0.2, 0.25) is 0 Å². The molecular weight excluding hydrogens is 340 g/mol. The molecular formula is C27H46O. The second-order valence-corrected chi connectivity index (χ2v) is 10.4. The standard InChI is InChI=1S/C27H46O/c1-8-12-18-27(16-10-3,17-11-4)22-19-23(26(5,6)7)25(28)24-20(13-9-2)14-15-21(22)24/h19-20,28H,8-18H2,1-7H3. The molecule has 1 nitrogen and oxygen atoms in total. The summed E-state index contributed by atoms with van der Waals surface area (Å²) in [6, 6.07) is 2.45. The van der Waals surface area contributed by atoms with E-state index < -0.39 is 0 Å². The van der Waals surface area contributed by atoms with Crippen LogP contribution in [-0.4, -0.2) is 5.11 Å². The Hall–Kier alpha value is -0.980. The minimum absolute atomic E-state index is 0.0257. The van der Waals surface area contributed by atoms with Crippen molar-refractivity contribution in [2.24, 2.45) is 0 Å². The largest absolute Gasteiger partial charge is 0.507 e. The zero-order valence-electron chi connectivity index (χ0n) is 19.9. The summed E-state index contributed by atoms with van der Waals surface area (Å²) in [6.07, 6.45) is 13.7. The van der Waals surface area contributed by atoms with E-state index in [1.54, 1.807) is 5.56 Å².